The van der Waals surface area contributed by atoms with Gasteiger partial charge in [-0.1, -0.05) is 17.7 Å². The summed E-state index contributed by atoms with van der Waals surface area (Å²) in [6.07, 6.45) is -2.66. The summed E-state index contributed by atoms with van der Waals surface area (Å²) in [6, 6.07) is 9.96. The van der Waals surface area contributed by atoms with Crippen LogP contribution in [0.2, 0.25) is 5.15 Å². The summed E-state index contributed by atoms with van der Waals surface area (Å²) in [7, 11) is 0. The number of rotatable bonds is 2. The van der Waals surface area contributed by atoms with Gasteiger partial charge in [-0.2, -0.15) is 5.26 Å². The third-order valence-corrected chi connectivity index (χ3v) is 2.66. The summed E-state index contributed by atoms with van der Waals surface area (Å²) in [5.74, 6) is 0. The fourth-order valence-electron chi connectivity index (χ4n) is 1.56. The Balaban J connectivity index is 2.45. The third-order valence-electron chi connectivity index (χ3n) is 2.45. The smallest absolute Gasteiger partial charge is 0.170 e. The summed E-state index contributed by atoms with van der Waals surface area (Å²) < 4.78 is 0. The van der Waals surface area contributed by atoms with Crippen molar-refractivity contribution >= 4 is 22.5 Å². The van der Waals surface area contributed by atoms with Gasteiger partial charge in [0.2, 0.25) is 0 Å². The van der Waals surface area contributed by atoms with Crippen molar-refractivity contribution in [1.29, 1.82) is 5.26 Å². The standard InChI is InChI=1S/C12H9ClN2O2/c13-11-4-2-7-5-8(1-3-9(7)15-11)12(17)10(16)6-14/h1-5,10,12,16-17H. The highest BCUT2D eigenvalue weighted by Gasteiger charge is 2.17. The first-order valence-electron chi connectivity index (χ1n) is 4.94. The number of fused-ring (bicyclic) bond motifs is 1. The SMILES string of the molecule is N#CC(O)C(O)c1ccc2nc(Cl)ccc2c1. The maximum atomic E-state index is 9.68. The molecule has 86 valence electrons. The molecule has 2 aromatic rings. The highest BCUT2D eigenvalue weighted by Crippen LogP contribution is 2.22. The van der Waals surface area contributed by atoms with Gasteiger partial charge in [-0.25, -0.2) is 4.98 Å². The van der Waals surface area contributed by atoms with Gasteiger partial charge in [0.25, 0.3) is 0 Å². The van der Waals surface area contributed by atoms with Gasteiger partial charge in [-0.15, -0.1) is 0 Å². The molecule has 0 amide bonds. The summed E-state index contributed by atoms with van der Waals surface area (Å²) in [5, 5.41) is 28.6. The Bertz CT molecular complexity index is 595. The number of aliphatic hydroxyl groups excluding tert-OH is 2. The number of hydrogen-bond donors (Lipinski definition) is 2. The van der Waals surface area contributed by atoms with Gasteiger partial charge in [-0.3, -0.25) is 0 Å². The van der Waals surface area contributed by atoms with Crippen molar-refractivity contribution in [3.63, 3.8) is 0 Å². The predicted octanol–water partition coefficient (Wildman–Crippen LogP) is 1.81. The summed E-state index contributed by atoms with van der Waals surface area (Å²) in [5.41, 5.74) is 1.16. The Morgan fingerprint density at radius 1 is 1.24 bits per heavy atom. The molecule has 1 aromatic heterocycles. The van der Waals surface area contributed by atoms with Crippen molar-refractivity contribution in [2.24, 2.45) is 0 Å². The Morgan fingerprint density at radius 2 is 2.00 bits per heavy atom. The van der Waals surface area contributed by atoms with Crippen LogP contribution in [0.4, 0.5) is 0 Å². The molecule has 1 heterocycles. The fourth-order valence-corrected chi connectivity index (χ4v) is 1.71. The summed E-state index contributed by atoms with van der Waals surface area (Å²) >= 11 is 5.75. The Morgan fingerprint density at radius 3 is 2.71 bits per heavy atom. The van der Waals surface area contributed by atoms with Crippen LogP contribution >= 0.6 is 11.6 Å². The molecule has 5 heteroatoms. The fraction of sp³-hybridized carbons (Fsp3) is 0.167. The van der Waals surface area contributed by atoms with Crippen LogP contribution in [-0.4, -0.2) is 21.3 Å². The molecule has 2 rings (SSSR count). The van der Waals surface area contributed by atoms with Gasteiger partial charge in [0.15, 0.2) is 6.10 Å². The Hall–Kier alpha value is -1.67. The quantitative estimate of drug-likeness (QED) is 0.628. The van der Waals surface area contributed by atoms with E-state index >= 15 is 0 Å². The van der Waals surface area contributed by atoms with Crippen LogP contribution in [0.5, 0.6) is 0 Å². The van der Waals surface area contributed by atoms with Crippen LogP contribution < -0.4 is 0 Å². The van der Waals surface area contributed by atoms with Crippen molar-refractivity contribution in [3.05, 3.63) is 41.0 Å². The van der Waals surface area contributed by atoms with Gasteiger partial charge in [0.1, 0.15) is 11.3 Å². The second-order valence-electron chi connectivity index (χ2n) is 3.60. The monoisotopic (exact) mass is 248 g/mol. The minimum atomic E-state index is -1.44. The molecule has 0 saturated carbocycles. The van der Waals surface area contributed by atoms with E-state index in [9.17, 15) is 10.2 Å². The molecule has 4 nitrogen and oxygen atoms in total. The van der Waals surface area contributed by atoms with Crippen molar-refractivity contribution in [2.75, 3.05) is 0 Å². The average molecular weight is 249 g/mol. The highest BCUT2D eigenvalue weighted by molar-refractivity contribution is 6.29. The Kier molecular flexibility index (Phi) is 3.25. The van der Waals surface area contributed by atoms with Crippen molar-refractivity contribution in [2.45, 2.75) is 12.2 Å². The van der Waals surface area contributed by atoms with E-state index in [1.165, 1.54) is 0 Å². The molecule has 0 aliphatic carbocycles. The lowest BCUT2D eigenvalue weighted by Crippen LogP contribution is -2.15. The van der Waals surface area contributed by atoms with Gasteiger partial charge in [0.05, 0.1) is 11.6 Å². The zero-order chi connectivity index (χ0) is 12.4. The van der Waals surface area contributed by atoms with E-state index in [-0.39, 0.29) is 0 Å². The molecule has 2 unspecified atom stereocenters. The number of benzene rings is 1. The largest absolute Gasteiger partial charge is 0.385 e. The van der Waals surface area contributed by atoms with E-state index in [0.29, 0.717) is 16.2 Å². The molecule has 2 atom stereocenters. The van der Waals surface area contributed by atoms with E-state index in [1.54, 1.807) is 36.4 Å². The second-order valence-corrected chi connectivity index (χ2v) is 3.99. The zero-order valence-electron chi connectivity index (χ0n) is 8.71. The molecule has 0 saturated heterocycles. The van der Waals surface area contributed by atoms with Gasteiger partial charge in [0, 0.05) is 5.39 Å². The Labute approximate surface area is 103 Å². The van der Waals surface area contributed by atoms with Crippen LogP contribution in [0.25, 0.3) is 10.9 Å². The predicted molar refractivity (Wildman–Crippen MR) is 63.3 cm³/mol. The minimum absolute atomic E-state index is 0.392. The lowest BCUT2D eigenvalue weighted by Gasteiger charge is -2.12. The van der Waals surface area contributed by atoms with Crippen LogP contribution in [0.3, 0.4) is 0 Å². The normalized spacial score (nSPS) is 14.2. The molecule has 0 bridgehead atoms. The molecule has 2 N–H and O–H groups in total. The molecule has 17 heavy (non-hydrogen) atoms. The number of aliphatic hydroxyl groups is 2. The molecule has 0 aliphatic rings. The van der Waals surface area contributed by atoms with Crippen LogP contribution in [0, 0.1) is 11.3 Å². The van der Waals surface area contributed by atoms with Crippen molar-refractivity contribution in [1.82, 2.24) is 4.98 Å². The minimum Gasteiger partial charge on any atom is -0.385 e. The molecular weight excluding hydrogens is 240 g/mol. The van der Waals surface area contributed by atoms with E-state index in [0.717, 1.165) is 5.39 Å². The van der Waals surface area contributed by atoms with Crippen LogP contribution in [-0.2, 0) is 0 Å². The van der Waals surface area contributed by atoms with Crippen molar-refractivity contribution < 1.29 is 10.2 Å². The first-order valence-corrected chi connectivity index (χ1v) is 5.31. The second kappa shape index (κ2) is 4.68. The summed E-state index contributed by atoms with van der Waals surface area (Å²) in [4.78, 5) is 4.10. The zero-order valence-corrected chi connectivity index (χ0v) is 9.46. The first-order chi connectivity index (χ1) is 8.11. The lowest BCUT2D eigenvalue weighted by molar-refractivity contribution is 0.0529. The maximum Gasteiger partial charge on any atom is 0.170 e. The number of halogens is 1. The van der Waals surface area contributed by atoms with Crippen LogP contribution in [0.15, 0.2) is 30.3 Å². The number of aromatic nitrogens is 1. The third kappa shape index (κ3) is 2.37. The topological polar surface area (TPSA) is 77.1 Å². The van der Waals surface area contributed by atoms with Gasteiger partial charge >= 0.3 is 0 Å². The lowest BCUT2D eigenvalue weighted by atomic mass is 10.0. The van der Waals surface area contributed by atoms with Crippen LogP contribution in [0.1, 0.15) is 11.7 Å². The number of nitrogens with zero attached hydrogens (tertiary/aromatic N) is 2. The highest BCUT2D eigenvalue weighted by atomic mass is 35.5. The van der Waals surface area contributed by atoms with E-state index in [2.05, 4.69) is 4.98 Å². The average Bonchev–Trinajstić information content (AvgIpc) is 2.36. The molecule has 0 aliphatic heterocycles. The first kappa shape index (κ1) is 11.8. The molecule has 1 aromatic carbocycles. The van der Waals surface area contributed by atoms with E-state index in [1.807, 2.05) is 0 Å². The molecule has 0 spiro atoms. The van der Waals surface area contributed by atoms with Gasteiger partial charge in [-0.05, 0) is 29.8 Å². The van der Waals surface area contributed by atoms with Gasteiger partial charge < -0.3 is 10.2 Å². The van der Waals surface area contributed by atoms with E-state index < -0.39 is 12.2 Å². The number of nitriles is 1. The molecule has 0 fully saturated rings. The van der Waals surface area contributed by atoms with E-state index in [4.69, 9.17) is 16.9 Å². The van der Waals surface area contributed by atoms with Crippen molar-refractivity contribution in [3.8, 4) is 6.07 Å². The summed E-state index contributed by atoms with van der Waals surface area (Å²) in [6.45, 7) is 0. The number of pyridine rings is 1. The molecule has 0 radical (unpaired) electrons. The maximum absolute atomic E-state index is 9.68. The number of hydrogen-bond acceptors (Lipinski definition) is 4. The molecular formula is C12H9ClN2O2.